The Bertz CT molecular complexity index is 306. The van der Waals surface area contributed by atoms with Gasteiger partial charge in [0.2, 0.25) is 0 Å². The molecule has 1 atom stereocenters. The number of hydrogen-bond donors (Lipinski definition) is 0. The summed E-state index contributed by atoms with van der Waals surface area (Å²) in [5, 5.41) is 0.927. The molecule has 0 aliphatic carbocycles. The van der Waals surface area contributed by atoms with Crippen molar-refractivity contribution in [1.29, 1.82) is 0 Å². The first kappa shape index (κ1) is 8.08. The molecular formula is C7H7Cl2N3. The molecule has 5 heteroatoms. The summed E-state index contributed by atoms with van der Waals surface area (Å²) >= 11 is 11.6. The number of aliphatic imine (C=N–C) groups is 2. The molecule has 0 fully saturated rings. The van der Waals surface area contributed by atoms with Crippen molar-refractivity contribution in [2.75, 3.05) is 6.54 Å². The van der Waals surface area contributed by atoms with Crippen LogP contribution in [0.2, 0.25) is 0 Å². The first-order valence-electron chi connectivity index (χ1n) is 3.59. The van der Waals surface area contributed by atoms with Crippen molar-refractivity contribution >= 4 is 34.2 Å². The van der Waals surface area contributed by atoms with E-state index in [-0.39, 0.29) is 6.04 Å². The highest BCUT2D eigenvalue weighted by Gasteiger charge is 2.30. The van der Waals surface area contributed by atoms with E-state index in [1.54, 1.807) is 6.20 Å². The number of halogens is 2. The van der Waals surface area contributed by atoms with Gasteiger partial charge in [0.1, 0.15) is 22.2 Å². The van der Waals surface area contributed by atoms with Gasteiger partial charge in [0, 0.05) is 6.20 Å². The minimum atomic E-state index is 0.0779. The van der Waals surface area contributed by atoms with Crippen LogP contribution in [-0.2, 0) is 0 Å². The summed E-state index contributed by atoms with van der Waals surface area (Å²) in [4.78, 5) is 10.1. The topological polar surface area (TPSA) is 28.0 Å². The molecule has 2 aliphatic rings. The van der Waals surface area contributed by atoms with E-state index >= 15 is 0 Å². The molecule has 0 spiro atoms. The molecule has 0 radical (unpaired) electrons. The molecule has 3 nitrogen and oxygen atoms in total. The fraction of sp³-hybridized carbons (Fsp3) is 0.429. The first-order chi connectivity index (χ1) is 5.68. The Balaban J connectivity index is 2.35. The second-order valence-electron chi connectivity index (χ2n) is 2.70. The van der Waals surface area contributed by atoms with Crippen LogP contribution in [0.15, 0.2) is 21.3 Å². The summed E-state index contributed by atoms with van der Waals surface area (Å²) in [6.45, 7) is 2.60. The summed E-state index contributed by atoms with van der Waals surface area (Å²) in [6.07, 6.45) is 1.75. The van der Waals surface area contributed by atoms with Crippen molar-refractivity contribution in [3.63, 3.8) is 0 Å². The van der Waals surface area contributed by atoms with E-state index < -0.39 is 0 Å². The van der Waals surface area contributed by atoms with Crippen LogP contribution in [0.5, 0.6) is 0 Å². The molecule has 2 heterocycles. The lowest BCUT2D eigenvalue weighted by atomic mass is 10.3. The van der Waals surface area contributed by atoms with E-state index in [0.717, 1.165) is 5.84 Å². The molecule has 0 N–H and O–H groups in total. The van der Waals surface area contributed by atoms with Crippen molar-refractivity contribution in [1.82, 2.24) is 4.90 Å². The van der Waals surface area contributed by atoms with Crippen LogP contribution >= 0.6 is 23.2 Å². The largest absolute Gasteiger partial charge is 0.322 e. The van der Waals surface area contributed by atoms with Gasteiger partial charge in [0.25, 0.3) is 0 Å². The molecule has 0 aromatic heterocycles. The highest BCUT2D eigenvalue weighted by Crippen LogP contribution is 2.23. The van der Waals surface area contributed by atoms with Crippen LogP contribution in [0.25, 0.3) is 0 Å². The summed E-state index contributed by atoms with van der Waals surface area (Å²) < 4.78 is 0. The van der Waals surface area contributed by atoms with Crippen LogP contribution in [0.1, 0.15) is 6.92 Å². The molecule has 1 unspecified atom stereocenters. The number of hydrogen-bond acceptors (Lipinski definition) is 3. The first-order valence-corrected chi connectivity index (χ1v) is 4.35. The average Bonchev–Trinajstić information content (AvgIpc) is 2.33. The average molecular weight is 204 g/mol. The van der Waals surface area contributed by atoms with Crippen LogP contribution in [0.3, 0.4) is 0 Å². The zero-order valence-electron chi connectivity index (χ0n) is 6.46. The molecule has 0 bridgehead atoms. The van der Waals surface area contributed by atoms with Gasteiger partial charge in [-0.25, -0.2) is 4.99 Å². The normalized spacial score (nSPS) is 27.8. The third-order valence-corrected chi connectivity index (χ3v) is 2.46. The molecule has 12 heavy (non-hydrogen) atoms. The molecule has 2 aliphatic heterocycles. The second kappa shape index (κ2) is 2.75. The van der Waals surface area contributed by atoms with Gasteiger partial charge in [-0.15, -0.1) is 0 Å². The van der Waals surface area contributed by atoms with E-state index in [0.29, 0.717) is 16.9 Å². The minimum Gasteiger partial charge on any atom is -0.322 e. The maximum absolute atomic E-state index is 5.89. The third kappa shape index (κ3) is 1.13. The predicted molar refractivity (Wildman–Crippen MR) is 50.8 cm³/mol. The quantitative estimate of drug-likeness (QED) is 0.552. The Morgan fingerprint density at radius 2 is 2.33 bits per heavy atom. The smallest absolute Gasteiger partial charge is 0.146 e. The lowest BCUT2D eigenvalue weighted by molar-refractivity contribution is 0.531. The van der Waals surface area contributed by atoms with Gasteiger partial charge in [-0.3, -0.25) is 4.99 Å². The van der Waals surface area contributed by atoms with E-state index in [1.807, 2.05) is 11.8 Å². The lowest BCUT2D eigenvalue weighted by Crippen LogP contribution is -2.37. The highest BCUT2D eigenvalue weighted by molar-refractivity contribution is 6.67. The second-order valence-corrected chi connectivity index (χ2v) is 3.47. The molecule has 2 rings (SSSR count). The van der Waals surface area contributed by atoms with Gasteiger partial charge >= 0.3 is 0 Å². The van der Waals surface area contributed by atoms with E-state index in [9.17, 15) is 0 Å². The summed E-state index contributed by atoms with van der Waals surface area (Å²) in [6, 6.07) is 0.0779. The zero-order chi connectivity index (χ0) is 8.72. The summed E-state index contributed by atoms with van der Waals surface area (Å²) in [5.41, 5.74) is 0. The Morgan fingerprint density at radius 3 is 3.08 bits per heavy atom. The molecule has 0 amide bonds. The Labute approximate surface area is 80.4 Å². The fourth-order valence-corrected chi connectivity index (χ4v) is 1.81. The number of amidine groups is 1. The molecule has 0 aromatic rings. The Kier molecular flexibility index (Phi) is 1.85. The Morgan fingerprint density at radius 1 is 1.58 bits per heavy atom. The van der Waals surface area contributed by atoms with Crippen molar-refractivity contribution in [3.05, 3.63) is 11.4 Å². The van der Waals surface area contributed by atoms with E-state index in [4.69, 9.17) is 23.2 Å². The monoisotopic (exact) mass is 203 g/mol. The van der Waals surface area contributed by atoms with E-state index in [2.05, 4.69) is 9.98 Å². The number of rotatable bonds is 0. The highest BCUT2D eigenvalue weighted by atomic mass is 35.5. The van der Waals surface area contributed by atoms with Crippen molar-refractivity contribution in [3.8, 4) is 0 Å². The number of fused-ring (bicyclic) bond motifs is 1. The predicted octanol–water partition coefficient (Wildman–Crippen LogP) is 1.78. The van der Waals surface area contributed by atoms with Gasteiger partial charge in [-0.2, -0.15) is 0 Å². The van der Waals surface area contributed by atoms with Crippen molar-refractivity contribution in [2.24, 2.45) is 9.98 Å². The standard InChI is InChI=1S/C7H7Cl2N3/c1-4-10-2-5-7(9)11-6(8)3-12(4)5/h3,5H,2H2,1H3. The van der Waals surface area contributed by atoms with Crippen molar-refractivity contribution < 1.29 is 0 Å². The third-order valence-electron chi connectivity index (χ3n) is 1.94. The molecule has 0 aromatic carbocycles. The van der Waals surface area contributed by atoms with Crippen LogP contribution in [0.4, 0.5) is 0 Å². The molecule has 64 valence electrons. The van der Waals surface area contributed by atoms with Gasteiger partial charge < -0.3 is 4.90 Å². The SMILES string of the molecule is CC1=NCC2C(Cl)=NC(Cl)=CN12. The Hall–Kier alpha value is -0.540. The number of nitrogens with zero attached hydrogens (tertiary/aromatic N) is 3. The summed E-state index contributed by atoms with van der Waals surface area (Å²) in [7, 11) is 0. The van der Waals surface area contributed by atoms with Crippen LogP contribution in [-0.4, -0.2) is 28.5 Å². The molecule has 0 saturated carbocycles. The van der Waals surface area contributed by atoms with Crippen LogP contribution in [0, 0.1) is 0 Å². The fourth-order valence-electron chi connectivity index (χ4n) is 1.31. The van der Waals surface area contributed by atoms with Gasteiger partial charge in [0.15, 0.2) is 0 Å². The van der Waals surface area contributed by atoms with Gasteiger partial charge in [-0.1, -0.05) is 23.2 Å². The maximum Gasteiger partial charge on any atom is 0.146 e. The van der Waals surface area contributed by atoms with Gasteiger partial charge in [-0.05, 0) is 6.92 Å². The maximum atomic E-state index is 5.89. The summed E-state index contributed by atoms with van der Waals surface area (Å²) in [5.74, 6) is 0.936. The van der Waals surface area contributed by atoms with E-state index in [1.165, 1.54) is 0 Å². The zero-order valence-corrected chi connectivity index (χ0v) is 7.97. The molecule has 0 saturated heterocycles. The minimum absolute atomic E-state index is 0.0779. The van der Waals surface area contributed by atoms with Crippen molar-refractivity contribution in [2.45, 2.75) is 13.0 Å². The van der Waals surface area contributed by atoms with Crippen LogP contribution < -0.4 is 0 Å². The lowest BCUT2D eigenvalue weighted by Gasteiger charge is -2.24. The van der Waals surface area contributed by atoms with Gasteiger partial charge in [0.05, 0.1) is 6.54 Å². The molecular weight excluding hydrogens is 197 g/mol.